The minimum Gasteiger partial charge on any atom is -0.493 e. The van der Waals surface area contributed by atoms with E-state index in [1.165, 1.54) is 0 Å². The lowest BCUT2D eigenvalue weighted by atomic mass is 10.1. The molecule has 0 unspecified atom stereocenters. The molecular weight excluding hydrogens is 416 g/mol. The number of methoxy groups -OCH3 is 2. The average molecular weight is 436 g/mol. The van der Waals surface area contributed by atoms with E-state index >= 15 is 0 Å². The summed E-state index contributed by atoms with van der Waals surface area (Å²) in [5.41, 5.74) is 3.52. The number of ether oxygens (including phenoxy) is 2. The van der Waals surface area contributed by atoms with Crippen LogP contribution in [-0.2, 0) is 0 Å². The van der Waals surface area contributed by atoms with Gasteiger partial charge < -0.3 is 9.47 Å². The Labute approximate surface area is 182 Å². The van der Waals surface area contributed by atoms with Gasteiger partial charge in [0.15, 0.2) is 23.0 Å². The van der Waals surface area contributed by atoms with Gasteiger partial charge in [0.05, 0.1) is 25.6 Å². The first kappa shape index (κ1) is 20.5. The highest BCUT2D eigenvalue weighted by molar-refractivity contribution is 7.10. The molecule has 2 aromatic carbocycles. The third-order valence-corrected chi connectivity index (χ3v) is 5.38. The summed E-state index contributed by atoms with van der Waals surface area (Å²) in [5, 5.41) is 11.7. The first-order valence-corrected chi connectivity index (χ1v) is 10.1. The van der Waals surface area contributed by atoms with Gasteiger partial charge in [-0.25, -0.2) is 4.68 Å². The van der Waals surface area contributed by atoms with Crippen molar-refractivity contribution in [3.8, 4) is 28.7 Å². The van der Waals surface area contributed by atoms with E-state index in [0.29, 0.717) is 33.7 Å². The van der Waals surface area contributed by atoms with E-state index in [-0.39, 0.29) is 5.91 Å². The molecule has 4 aromatic rings. The molecule has 0 aliphatic carbocycles. The lowest BCUT2D eigenvalue weighted by molar-refractivity contribution is 0.102. The number of rotatable bonds is 6. The van der Waals surface area contributed by atoms with Crippen LogP contribution in [0, 0.1) is 13.8 Å². The molecule has 0 aliphatic rings. The molecule has 10 heteroatoms. The second kappa shape index (κ2) is 8.52. The number of hydrogen-bond donors (Lipinski definition) is 1. The molecule has 9 nitrogen and oxygen atoms in total. The molecule has 0 aliphatic heterocycles. The van der Waals surface area contributed by atoms with Gasteiger partial charge in [-0.3, -0.25) is 10.1 Å². The third-order valence-electron chi connectivity index (χ3n) is 4.75. The fourth-order valence-electron chi connectivity index (χ4n) is 3.10. The molecule has 1 amide bonds. The maximum absolute atomic E-state index is 12.5. The van der Waals surface area contributed by atoms with Crippen molar-refractivity contribution in [1.82, 2.24) is 24.4 Å². The maximum atomic E-state index is 12.5. The molecule has 0 fully saturated rings. The first-order valence-electron chi connectivity index (χ1n) is 9.37. The minimum absolute atomic E-state index is 0.230. The van der Waals surface area contributed by atoms with E-state index in [2.05, 4.69) is 25.0 Å². The van der Waals surface area contributed by atoms with Gasteiger partial charge in [0.25, 0.3) is 5.91 Å². The number of hydrogen-bond acceptors (Lipinski definition) is 8. The number of carbonyl (C=O) groups is 1. The van der Waals surface area contributed by atoms with E-state index in [0.717, 1.165) is 28.5 Å². The molecule has 2 aromatic heterocycles. The van der Waals surface area contributed by atoms with Crippen molar-refractivity contribution in [2.45, 2.75) is 13.8 Å². The van der Waals surface area contributed by atoms with Crippen molar-refractivity contribution in [3.05, 3.63) is 59.3 Å². The number of nitrogens with zero attached hydrogens (tertiary/aromatic N) is 5. The predicted molar refractivity (Wildman–Crippen MR) is 117 cm³/mol. The van der Waals surface area contributed by atoms with E-state index in [4.69, 9.17) is 9.47 Å². The van der Waals surface area contributed by atoms with E-state index in [1.54, 1.807) is 31.0 Å². The highest BCUT2D eigenvalue weighted by Gasteiger charge is 2.19. The van der Waals surface area contributed by atoms with Gasteiger partial charge in [-0.05, 0) is 37.6 Å². The summed E-state index contributed by atoms with van der Waals surface area (Å²) < 4.78 is 16.7. The van der Waals surface area contributed by atoms with Gasteiger partial charge in [0.1, 0.15) is 0 Å². The normalized spacial score (nSPS) is 10.7. The van der Waals surface area contributed by atoms with Gasteiger partial charge in [-0.15, -0.1) is 5.10 Å². The monoisotopic (exact) mass is 436 g/mol. The Morgan fingerprint density at radius 3 is 2.58 bits per heavy atom. The quantitative estimate of drug-likeness (QED) is 0.492. The van der Waals surface area contributed by atoms with E-state index in [9.17, 15) is 4.79 Å². The van der Waals surface area contributed by atoms with Crippen LogP contribution in [-0.4, -0.2) is 44.5 Å². The van der Waals surface area contributed by atoms with Crippen molar-refractivity contribution in [3.63, 3.8) is 0 Å². The van der Waals surface area contributed by atoms with Gasteiger partial charge in [0.2, 0.25) is 5.13 Å². The number of aryl methyl sites for hydroxylation is 1. The van der Waals surface area contributed by atoms with Gasteiger partial charge in [-0.2, -0.15) is 9.36 Å². The molecule has 0 saturated heterocycles. The summed E-state index contributed by atoms with van der Waals surface area (Å²) in [5.74, 6) is 1.38. The number of aromatic nitrogens is 5. The molecule has 4 rings (SSSR count). The molecule has 31 heavy (non-hydrogen) atoms. The topological polar surface area (TPSA) is 104 Å². The zero-order chi connectivity index (χ0) is 22.0. The van der Waals surface area contributed by atoms with E-state index < -0.39 is 0 Å². The summed E-state index contributed by atoms with van der Waals surface area (Å²) in [7, 11) is 3.16. The predicted octanol–water partition coefficient (Wildman–Crippen LogP) is 3.67. The van der Waals surface area contributed by atoms with Crippen LogP contribution < -0.4 is 14.8 Å². The van der Waals surface area contributed by atoms with Crippen molar-refractivity contribution in [1.29, 1.82) is 0 Å². The average Bonchev–Trinajstić information content (AvgIpc) is 3.39. The summed E-state index contributed by atoms with van der Waals surface area (Å²) in [6, 6.07) is 12.8. The van der Waals surface area contributed by atoms with Crippen molar-refractivity contribution < 1.29 is 14.3 Å². The first-order chi connectivity index (χ1) is 15.0. The second-order valence-electron chi connectivity index (χ2n) is 6.67. The van der Waals surface area contributed by atoms with Crippen molar-refractivity contribution in [2.24, 2.45) is 0 Å². The van der Waals surface area contributed by atoms with Gasteiger partial charge >= 0.3 is 0 Å². The largest absolute Gasteiger partial charge is 0.493 e. The zero-order valence-corrected chi connectivity index (χ0v) is 18.2. The number of amides is 1. The summed E-state index contributed by atoms with van der Waals surface area (Å²) in [6.07, 6.45) is 0. The van der Waals surface area contributed by atoms with Crippen molar-refractivity contribution in [2.75, 3.05) is 19.5 Å². The smallest absolute Gasteiger partial charge is 0.257 e. The lowest BCUT2D eigenvalue weighted by Gasteiger charge is -2.10. The van der Waals surface area contributed by atoms with Crippen LogP contribution in [0.5, 0.6) is 11.5 Å². The second-order valence-corrected chi connectivity index (χ2v) is 7.42. The third kappa shape index (κ3) is 3.97. The van der Waals surface area contributed by atoms with Gasteiger partial charge in [-0.1, -0.05) is 23.4 Å². The Morgan fingerprint density at radius 1 is 1.06 bits per heavy atom. The molecule has 0 radical (unpaired) electrons. The lowest BCUT2D eigenvalue weighted by Crippen LogP contribution is -2.13. The number of carbonyl (C=O) groups excluding carboxylic acids is 1. The highest BCUT2D eigenvalue weighted by Crippen LogP contribution is 2.30. The van der Waals surface area contributed by atoms with Crippen LogP contribution in [0.4, 0.5) is 5.13 Å². The van der Waals surface area contributed by atoms with Crippen LogP contribution in [0.25, 0.3) is 17.2 Å². The Balaban J connectivity index is 1.58. The molecule has 0 spiro atoms. The Hall–Kier alpha value is -3.79. The zero-order valence-electron chi connectivity index (χ0n) is 17.4. The Morgan fingerprint density at radius 2 is 1.84 bits per heavy atom. The Kier molecular flexibility index (Phi) is 5.63. The number of nitrogens with one attached hydrogen (secondary N) is 1. The van der Waals surface area contributed by atoms with Crippen LogP contribution >= 0.6 is 11.5 Å². The fraction of sp³-hybridized carbons (Fsp3) is 0.190. The summed E-state index contributed by atoms with van der Waals surface area (Å²) in [4.78, 5) is 16.9. The molecular formula is C21H20N6O3S. The maximum Gasteiger partial charge on any atom is 0.257 e. The Bertz CT molecular complexity index is 1250. The standard InChI is InChI=1S/C21H20N6O3S/c1-12-7-5-6-8-15(12)20(28)23-21-22-19(25-31-21)18-13(2)27(26-24-18)14-9-10-16(29-3)17(11-14)30-4/h5-11H,1-4H3,(H,22,23,25,28). The van der Waals surface area contributed by atoms with Gasteiger partial charge in [0, 0.05) is 23.2 Å². The summed E-state index contributed by atoms with van der Waals surface area (Å²) >= 11 is 1.09. The summed E-state index contributed by atoms with van der Waals surface area (Å²) in [6.45, 7) is 3.76. The van der Waals surface area contributed by atoms with Crippen LogP contribution in [0.3, 0.4) is 0 Å². The highest BCUT2D eigenvalue weighted by atomic mass is 32.1. The van der Waals surface area contributed by atoms with E-state index in [1.807, 2.05) is 44.2 Å². The fourth-order valence-corrected chi connectivity index (χ4v) is 3.67. The molecule has 0 bridgehead atoms. The molecule has 0 atom stereocenters. The van der Waals surface area contributed by atoms with Crippen molar-refractivity contribution >= 4 is 22.6 Å². The number of anilines is 1. The van der Waals surface area contributed by atoms with Crippen LogP contribution in [0.15, 0.2) is 42.5 Å². The minimum atomic E-state index is -0.230. The molecule has 0 saturated carbocycles. The molecule has 158 valence electrons. The molecule has 2 heterocycles. The molecule has 1 N–H and O–H groups in total. The van der Waals surface area contributed by atoms with Crippen LogP contribution in [0.2, 0.25) is 0 Å². The van der Waals surface area contributed by atoms with Crippen LogP contribution in [0.1, 0.15) is 21.6 Å². The SMILES string of the molecule is COc1ccc(-n2nnc(-c3nsc(NC(=O)c4ccccc4C)n3)c2C)cc1OC. The number of benzene rings is 2.